The summed E-state index contributed by atoms with van der Waals surface area (Å²) in [4.78, 5) is 15.1. The van der Waals surface area contributed by atoms with E-state index < -0.39 is 10.0 Å². The Morgan fingerprint density at radius 3 is 2.50 bits per heavy atom. The van der Waals surface area contributed by atoms with Crippen molar-refractivity contribution in [3.05, 3.63) is 65.8 Å². The van der Waals surface area contributed by atoms with Gasteiger partial charge < -0.3 is 8.83 Å². The van der Waals surface area contributed by atoms with E-state index in [1.807, 2.05) is 17.0 Å². The molecule has 0 saturated carbocycles. The minimum Gasteiger partial charge on any atom is -0.467 e. The Morgan fingerprint density at radius 1 is 1.06 bits per heavy atom. The van der Waals surface area contributed by atoms with E-state index in [0.29, 0.717) is 54.0 Å². The van der Waals surface area contributed by atoms with Crippen LogP contribution >= 0.6 is 11.3 Å². The Labute approximate surface area is 189 Å². The first-order valence-corrected chi connectivity index (χ1v) is 12.6. The molecule has 0 radical (unpaired) electrons. The number of amides is 1. The van der Waals surface area contributed by atoms with E-state index >= 15 is 0 Å². The standard InChI is InChI=1S/C21H22N4O5S2/c26-20(15-23-7-9-24(10-8-23)32(27,28)21-6-3-13-31-21)25-17(19-5-2-12-30-19)14-16(22-25)18-4-1-11-29-18/h1-6,11-13,17H,7-10,14-15H2/t17-/m1/s1. The molecule has 1 fully saturated rings. The average molecular weight is 475 g/mol. The van der Waals surface area contributed by atoms with Gasteiger partial charge in [0, 0.05) is 32.6 Å². The van der Waals surface area contributed by atoms with E-state index in [2.05, 4.69) is 5.10 Å². The SMILES string of the molecule is O=C(CN1CCN(S(=O)(=O)c2cccs2)CC1)N1N=C(c2ccco2)C[C@@H]1c1ccco1. The molecule has 0 spiro atoms. The van der Waals surface area contributed by atoms with Crippen LogP contribution in [-0.2, 0) is 14.8 Å². The molecule has 9 nitrogen and oxygen atoms in total. The molecular formula is C21H22N4O5S2. The van der Waals surface area contributed by atoms with E-state index in [-0.39, 0.29) is 18.5 Å². The average Bonchev–Trinajstić information content (AvgIpc) is 3.59. The summed E-state index contributed by atoms with van der Waals surface area (Å²) < 4.78 is 38.3. The number of piperazine rings is 1. The first-order valence-electron chi connectivity index (χ1n) is 10.3. The topological polar surface area (TPSA) is 99.6 Å². The summed E-state index contributed by atoms with van der Waals surface area (Å²) in [7, 11) is -3.47. The van der Waals surface area contributed by atoms with Crippen LogP contribution in [-0.4, -0.2) is 67.0 Å². The Bertz CT molecular complexity index is 1180. The van der Waals surface area contributed by atoms with Crippen LogP contribution in [0.3, 0.4) is 0 Å². The van der Waals surface area contributed by atoms with Crippen LogP contribution in [0, 0.1) is 0 Å². The number of rotatable bonds is 6. The number of hydrazone groups is 1. The van der Waals surface area contributed by atoms with Crippen LogP contribution in [0.15, 0.2) is 72.4 Å². The predicted molar refractivity (Wildman–Crippen MR) is 118 cm³/mol. The van der Waals surface area contributed by atoms with Crippen LogP contribution in [0.25, 0.3) is 0 Å². The fourth-order valence-electron chi connectivity index (χ4n) is 3.96. The molecular weight excluding hydrogens is 452 g/mol. The number of carbonyl (C=O) groups excluding carboxylic acids is 1. The van der Waals surface area contributed by atoms with Gasteiger partial charge in [-0.05, 0) is 35.7 Å². The second-order valence-corrected chi connectivity index (χ2v) is 10.7. The molecule has 1 amide bonds. The molecule has 5 rings (SSSR count). The summed E-state index contributed by atoms with van der Waals surface area (Å²) in [5.74, 6) is 1.13. The maximum Gasteiger partial charge on any atom is 0.257 e. The molecule has 1 atom stereocenters. The molecule has 2 aliphatic rings. The lowest BCUT2D eigenvalue weighted by Crippen LogP contribution is -2.51. The molecule has 32 heavy (non-hydrogen) atoms. The zero-order chi connectivity index (χ0) is 22.1. The molecule has 168 valence electrons. The van der Waals surface area contributed by atoms with Gasteiger partial charge in [-0.3, -0.25) is 9.69 Å². The van der Waals surface area contributed by atoms with Gasteiger partial charge in [0.1, 0.15) is 27.5 Å². The smallest absolute Gasteiger partial charge is 0.257 e. The summed E-state index contributed by atoms with van der Waals surface area (Å²) in [6, 6.07) is 10.2. The lowest BCUT2D eigenvalue weighted by molar-refractivity contribution is -0.134. The van der Waals surface area contributed by atoms with Crippen molar-refractivity contribution in [1.29, 1.82) is 0 Å². The van der Waals surface area contributed by atoms with Crippen LogP contribution in [0.4, 0.5) is 0 Å². The number of furan rings is 2. The monoisotopic (exact) mass is 474 g/mol. The molecule has 0 bridgehead atoms. The highest BCUT2D eigenvalue weighted by atomic mass is 32.2. The quantitative estimate of drug-likeness (QED) is 0.545. The van der Waals surface area contributed by atoms with E-state index in [1.165, 1.54) is 20.7 Å². The summed E-state index contributed by atoms with van der Waals surface area (Å²) in [6.45, 7) is 1.79. The second kappa shape index (κ2) is 8.66. The highest BCUT2D eigenvalue weighted by Gasteiger charge is 2.37. The van der Waals surface area contributed by atoms with Crippen molar-refractivity contribution in [2.75, 3.05) is 32.7 Å². The maximum atomic E-state index is 13.2. The van der Waals surface area contributed by atoms with Crippen LogP contribution in [0.1, 0.15) is 24.0 Å². The van der Waals surface area contributed by atoms with Gasteiger partial charge >= 0.3 is 0 Å². The molecule has 1 saturated heterocycles. The third kappa shape index (κ3) is 4.04. The summed E-state index contributed by atoms with van der Waals surface area (Å²) in [6.07, 6.45) is 3.66. The van der Waals surface area contributed by atoms with E-state index in [4.69, 9.17) is 8.83 Å². The zero-order valence-electron chi connectivity index (χ0n) is 17.2. The molecule has 0 aromatic carbocycles. The molecule has 0 aliphatic carbocycles. The van der Waals surface area contributed by atoms with Crippen molar-refractivity contribution < 1.29 is 22.0 Å². The summed E-state index contributed by atoms with van der Waals surface area (Å²) in [5, 5.41) is 7.75. The zero-order valence-corrected chi connectivity index (χ0v) is 18.8. The minimum atomic E-state index is -3.47. The third-order valence-electron chi connectivity index (χ3n) is 5.62. The Morgan fingerprint density at radius 2 is 1.84 bits per heavy atom. The van der Waals surface area contributed by atoms with Gasteiger partial charge in [0.05, 0.1) is 19.1 Å². The molecule has 0 unspecified atom stereocenters. The molecule has 5 heterocycles. The number of hydrogen-bond acceptors (Lipinski definition) is 8. The van der Waals surface area contributed by atoms with E-state index in [1.54, 1.807) is 42.2 Å². The fraction of sp³-hybridized carbons (Fsp3) is 0.333. The van der Waals surface area contributed by atoms with Crippen molar-refractivity contribution in [2.45, 2.75) is 16.7 Å². The molecule has 0 N–H and O–H groups in total. The first kappa shape index (κ1) is 21.1. The number of thiophene rings is 1. The molecule has 2 aliphatic heterocycles. The van der Waals surface area contributed by atoms with Crippen molar-refractivity contribution in [3.63, 3.8) is 0 Å². The summed E-state index contributed by atoms with van der Waals surface area (Å²) >= 11 is 1.21. The van der Waals surface area contributed by atoms with Crippen LogP contribution in [0.2, 0.25) is 0 Å². The van der Waals surface area contributed by atoms with Gasteiger partial charge in [-0.2, -0.15) is 9.41 Å². The number of nitrogens with zero attached hydrogens (tertiary/aromatic N) is 4. The van der Waals surface area contributed by atoms with Gasteiger partial charge in [0.25, 0.3) is 15.9 Å². The van der Waals surface area contributed by atoms with Crippen molar-refractivity contribution in [3.8, 4) is 0 Å². The molecule has 11 heteroatoms. The highest BCUT2D eigenvalue weighted by Crippen LogP contribution is 2.33. The van der Waals surface area contributed by atoms with Gasteiger partial charge in [0.15, 0.2) is 0 Å². The molecule has 3 aromatic heterocycles. The van der Waals surface area contributed by atoms with Gasteiger partial charge in [-0.1, -0.05) is 6.07 Å². The lowest BCUT2D eigenvalue weighted by atomic mass is 10.1. The largest absolute Gasteiger partial charge is 0.467 e. The molecule has 3 aromatic rings. The Kier molecular flexibility index (Phi) is 5.72. The Balaban J connectivity index is 1.26. The van der Waals surface area contributed by atoms with Gasteiger partial charge in [-0.25, -0.2) is 13.4 Å². The number of sulfonamides is 1. The summed E-state index contributed by atoms with van der Waals surface area (Å²) in [5.41, 5.74) is 0.691. The first-order chi connectivity index (χ1) is 15.5. The van der Waals surface area contributed by atoms with E-state index in [0.717, 1.165) is 0 Å². The van der Waals surface area contributed by atoms with Gasteiger partial charge in [-0.15, -0.1) is 11.3 Å². The highest BCUT2D eigenvalue weighted by molar-refractivity contribution is 7.91. The predicted octanol–water partition coefficient (Wildman–Crippen LogP) is 2.62. The van der Waals surface area contributed by atoms with Crippen molar-refractivity contribution >= 4 is 33.0 Å². The van der Waals surface area contributed by atoms with Crippen LogP contribution in [0.5, 0.6) is 0 Å². The maximum absolute atomic E-state index is 13.2. The number of carbonyl (C=O) groups is 1. The Hall–Kier alpha value is -2.73. The normalized spacial score (nSPS) is 20.6. The minimum absolute atomic E-state index is 0.152. The second-order valence-electron chi connectivity index (χ2n) is 7.61. The van der Waals surface area contributed by atoms with Gasteiger partial charge in [0.2, 0.25) is 0 Å². The van der Waals surface area contributed by atoms with Crippen molar-refractivity contribution in [2.24, 2.45) is 5.10 Å². The number of hydrogen-bond donors (Lipinski definition) is 0. The lowest BCUT2D eigenvalue weighted by Gasteiger charge is -2.34. The van der Waals surface area contributed by atoms with Crippen LogP contribution < -0.4 is 0 Å². The van der Waals surface area contributed by atoms with Crippen molar-refractivity contribution in [1.82, 2.24) is 14.2 Å². The van der Waals surface area contributed by atoms with E-state index in [9.17, 15) is 13.2 Å². The fourth-order valence-corrected chi connectivity index (χ4v) is 6.53. The third-order valence-corrected chi connectivity index (χ3v) is 8.89.